The fourth-order valence-electron chi connectivity index (χ4n) is 11.3. The smallest absolute Gasteiger partial charge is 0.145 e. The number of imidazole rings is 1. The van der Waals surface area contributed by atoms with Crippen LogP contribution in [-0.2, 0) is 5.41 Å². The standard InChI is InChI=1S/C62H43N5/c1-14-34-62(35-15-1)41-64(59-32-12-6-26-53(59)62)45-20-17-21-46(39-45)67-60-33-13-7-27-54(60)63-61(67)43-19-16-18-42(36-43)44-37-47(65-55-28-8-2-22-49(55)50-23-3-9-29-56(50)65)40-48(38-44)66-57-30-10-4-24-51(57)52-25-5-11-31-58(52)66/h1-34,36-40H,35,41H2. The Morgan fingerprint density at radius 2 is 0.925 bits per heavy atom. The van der Waals surface area contributed by atoms with E-state index in [2.05, 4.69) is 255 Å². The molecule has 0 fully saturated rings. The summed E-state index contributed by atoms with van der Waals surface area (Å²) in [5.41, 5.74) is 17.1. The molecule has 1 aliphatic carbocycles. The summed E-state index contributed by atoms with van der Waals surface area (Å²) in [6.45, 7) is 0.889. The van der Waals surface area contributed by atoms with Crippen LogP contribution in [0.2, 0.25) is 0 Å². The molecule has 0 radical (unpaired) electrons. The number of rotatable bonds is 6. The first-order valence-electron chi connectivity index (χ1n) is 23.2. The molecule has 1 atom stereocenters. The van der Waals surface area contributed by atoms with E-state index < -0.39 is 0 Å². The first-order chi connectivity index (χ1) is 33.2. The van der Waals surface area contributed by atoms with E-state index in [1.54, 1.807) is 0 Å². The molecule has 0 N–H and O–H groups in total. The molecular weight excluding hydrogens is 815 g/mol. The van der Waals surface area contributed by atoms with E-state index in [0.717, 1.165) is 63.6 Å². The van der Waals surface area contributed by atoms with Crippen molar-refractivity contribution in [1.29, 1.82) is 0 Å². The van der Waals surface area contributed by atoms with E-state index in [1.165, 1.54) is 60.5 Å². The minimum Gasteiger partial charge on any atom is -0.340 e. The van der Waals surface area contributed by atoms with Crippen molar-refractivity contribution in [3.05, 3.63) is 242 Å². The highest BCUT2D eigenvalue weighted by Gasteiger charge is 2.41. The second kappa shape index (κ2) is 14.7. The summed E-state index contributed by atoms with van der Waals surface area (Å²) in [6, 6.07) is 77.6. The maximum Gasteiger partial charge on any atom is 0.145 e. The highest BCUT2D eigenvalue weighted by atomic mass is 15.2. The van der Waals surface area contributed by atoms with Crippen molar-refractivity contribution in [3.8, 4) is 39.6 Å². The average molecular weight is 858 g/mol. The molecule has 5 nitrogen and oxygen atoms in total. The number of benzene rings is 9. The fourth-order valence-corrected chi connectivity index (χ4v) is 11.3. The third kappa shape index (κ3) is 5.78. The van der Waals surface area contributed by atoms with E-state index in [0.29, 0.717) is 0 Å². The predicted molar refractivity (Wildman–Crippen MR) is 279 cm³/mol. The van der Waals surface area contributed by atoms with Gasteiger partial charge in [0.25, 0.3) is 0 Å². The summed E-state index contributed by atoms with van der Waals surface area (Å²) in [5.74, 6) is 0.903. The van der Waals surface area contributed by atoms with Crippen molar-refractivity contribution in [1.82, 2.24) is 18.7 Å². The topological polar surface area (TPSA) is 30.9 Å². The third-order valence-electron chi connectivity index (χ3n) is 14.3. The summed E-state index contributed by atoms with van der Waals surface area (Å²) in [5, 5.41) is 4.96. The van der Waals surface area contributed by atoms with Gasteiger partial charge in [-0.25, -0.2) is 4.98 Å². The summed E-state index contributed by atoms with van der Waals surface area (Å²) in [6.07, 6.45) is 10.1. The van der Waals surface area contributed by atoms with Crippen LogP contribution in [0, 0.1) is 0 Å². The molecule has 1 aliphatic heterocycles. The largest absolute Gasteiger partial charge is 0.340 e. The first-order valence-corrected chi connectivity index (χ1v) is 23.2. The van der Waals surface area contributed by atoms with Crippen LogP contribution < -0.4 is 4.90 Å². The molecule has 1 spiro atoms. The van der Waals surface area contributed by atoms with Gasteiger partial charge in [-0.05, 0) is 108 Å². The summed E-state index contributed by atoms with van der Waals surface area (Å²) in [4.78, 5) is 7.90. The second-order valence-corrected chi connectivity index (χ2v) is 18.1. The van der Waals surface area contributed by atoms with Crippen LogP contribution in [0.1, 0.15) is 12.0 Å². The van der Waals surface area contributed by atoms with E-state index in [-0.39, 0.29) is 5.41 Å². The van der Waals surface area contributed by atoms with Crippen molar-refractivity contribution < 1.29 is 0 Å². The molecular formula is C62H43N5. The Labute approximate surface area is 388 Å². The maximum absolute atomic E-state index is 5.40. The van der Waals surface area contributed by atoms with Crippen LogP contribution >= 0.6 is 0 Å². The molecule has 0 saturated carbocycles. The van der Waals surface area contributed by atoms with Crippen molar-refractivity contribution in [2.24, 2.45) is 0 Å². The first kappa shape index (κ1) is 37.7. The molecule has 0 bridgehead atoms. The molecule has 316 valence electrons. The van der Waals surface area contributed by atoms with E-state index >= 15 is 0 Å². The molecule has 3 aromatic heterocycles. The van der Waals surface area contributed by atoms with Crippen molar-refractivity contribution in [2.45, 2.75) is 11.8 Å². The molecule has 2 aliphatic rings. The Kier molecular flexibility index (Phi) is 8.25. The molecule has 0 saturated heterocycles. The Morgan fingerprint density at radius 1 is 0.388 bits per heavy atom. The van der Waals surface area contributed by atoms with Crippen LogP contribution in [0.5, 0.6) is 0 Å². The van der Waals surface area contributed by atoms with Gasteiger partial charge in [0.05, 0.1) is 33.1 Å². The van der Waals surface area contributed by atoms with Gasteiger partial charge < -0.3 is 14.0 Å². The van der Waals surface area contributed by atoms with Gasteiger partial charge in [-0.15, -0.1) is 0 Å². The van der Waals surface area contributed by atoms with E-state index in [4.69, 9.17) is 4.98 Å². The lowest BCUT2D eigenvalue weighted by Crippen LogP contribution is -2.30. The van der Waals surface area contributed by atoms with Crippen LogP contribution in [0.15, 0.2) is 237 Å². The molecule has 67 heavy (non-hydrogen) atoms. The van der Waals surface area contributed by atoms with Crippen LogP contribution in [0.4, 0.5) is 11.4 Å². The van der Waals surface area contributed by atoms with Crippen molar-refractivity contribution >= 4 is 66.0 Å². The lowest BCUT2D eigenvalue weighted by Gasteiger charge is -2.28. The minimum absolute atomic E-state index is 0.0467. The zero-order valence-electron chi connectivity index (χ0n) is 36.7. The molecule has 12 aromatic rings. The number of anilines is 2. The number of hydrogen-bond donors (Lipinski definition) is 0. The van der Waals surface area contributed by atoms with Gasteiger partial charge in [0.2, 0.25) is 0 Å². The zero-order valence-corrected chi connectivity index (χ0v) is 36.7. The summed E-state index contributed by atoms with van der Waals surface area (Å²) in [7, 11) is 0. The number of allylic oxidation sites excluding steroid dienone is 3. The van der Waals surface area contributed by atoms with Gasteiger partial charge in [0.15, 0.2) is 0 Å². The fraction of sp³-hybridized carbons (Fsp3) is 0.0484. The number of fused-ring (bicyclic) bond motifs is 9. The van der Waals surface area contributed by atoms with E-state index in [1.807, 2.05) is 0 Å². The number of aromatic nitrogens is 4. The Hall–Kier alpha value is -8.67. The predicted octanol–water partition coefficient (Wildman–Crippen LogP) is 15.5. The SMILES string of the molecule is C1=CCC2(C=C1)CN(c1cccc(-n3c(-c4cccc(-c5cc(-n6c7ccccc7c7ccccc76)cc(-n6c7ccccc7c7ccccc76)c5)c4)nc4ccccc43)c1)c1ccccc12. The van der Waals surface area contributed by atoms with Gasteiger partial charge in [-0.1, -0.05) is 152 Å². The Morgan fingerprint density at radius 3 is 1.57 bits per heavy atom. The zero-order chi connectivity index (χ0) is 44.1. The Balaban J connectivity index is 0.954. The lowest BCUT2D eigenvalue weighted by atomic mass is 9.77. The average Bonchev–Trinajstić information content (AvgIpc) is 4.14. The number of nitrogens with zero attached hydrogens (tertiary/aromatic N) is 5. The highest BCUT2D eigenvalue weighted by molar-refractivity contribution is 6.11. The number of para-hydroxylation sites is 7. The monoisotopic (exact) mass is 857 g/mol. The van der Waals surface area contributed by atoms with Crippen LogP contribution in [-0.4, -0.2) is 25.2 Å². The van der Waals surface area contributed by atoms with Gasteiger partial charge in [0, 0.05) is 67.5 Å². The van der Waals surface area contributed by atoms with Crippen molar-refractivity contribution in [2.75, 3.05) is 11.4 Å². The van der Waals surface area contributed by atoms with Crippen molar-refractivity contribution in [3.63, 3.8) is 0 Å². The maximum atomic E-state index is 5.40. The minimum atomic E-state index is -0.0467. The van der Waals surface area contributed by atoms with Gasteiger partial charge >= 0.3 is 0 Å². The van der Waals surface area contributed by atoms with E-state index in [9.17, 15) is 0 Å². The molecule has 5 heteroatoms. The van der Waals surface area contributed by atoms with Crippen LogP contribution in [0.3, 0.4) is 0 Å². The highest BCUT2D eigenvalue weighted by Crippen LogP contribution is 2.49. The molecule has 9 aromatic carbocycles. The number of hydrogen-bond acceptors (Lipinski definition) is 2. The van der Waals surface area contributed by atoms with Gasteiger partial charge in [-0.3, -0.25) is 4.57 Å². The summed E-state index contributed by atoms with van der Waals surface area (Å²) < 4.78 is 7.21. The molecule has 1 unspecified atom stereocenters. The van der Waals surface area contributed by atoms with Crippen LogP contribution in [0.25, 0.3) is 94.2 Å². The normalized spacial score (nSPS) is 15.6. The van der Waals surface area contributed by atoms with Gasteiger partial charge in [-0.2, -0.15) is 0 Å². The second-order valence-electron chi connectivity index (χ2n) is 18.1. The molecule has 14 rings (SSSR count). The molecule has 0 amide bonds. The lowest BCUT2D eigenvalue weighted by molar-refractivity contribution is 0.579. The Bertz CT molecular complexity index is 3790. The quantitative estimate of drug-likeness (QED) is 0.167. The summed E-state index contributed by atoms with van der Waals surface area (Å²) >= 11 is 0. The molecule has 4 heterocycles. The van der Waals surface area contributed by atoms with Gasteiger partial charge in [0.1, 0.15) is 5.82 Å². The third-order valence-corrected chi connectivity index (χ3v) is 14.3.